The van der Waals surface area contributed by atoms with Crippen LogP contribution in [0.2, 0.25) is 0 Å². The van der Waals surface area contributed by atoms with Gasteiger partial charge in [-0.3, -0.25) is 4.79 Å². The number of rotatable bonds is 21. The smallest absolute Gasteiger partial charge is 0.305 e. The summed E-state index contributed by atoms with van der Waals surface area (Å²) in [7, 11) is 0. The molecule has 0 aromatic carbocycles. The number of carbonyl (C=O) groups is 1. The number of ether oxygens (including phenoxy) is 7. The molecule has 26 heavy (non-hydrogen) atoms. The molecule has 0 heterocycles. The highest BCUT2D eigenvalue weighted by molar-refractivity contribution is 5.66. The summed E-state index contributed by atoms with van der Waals surface area (Å²) in [5.74, 6) is -0.871. The highest BCUT2D eigenvalue weighted by Crippen LogP contribution is 1.86. The molecular weight excluding hydrogens is 348 g/mol. The normalized spacial score (nSPS) is 10.6. The Morgan fingerprint density at radius 3 is 1.23 bits per heavy atom. The molecule has 9 nitrogen and oxygen atoms in total. The Hall–Kier alpha value is -1.41. The van der Waals surface area contributed by atoms with E-state index in [2.05, 4.69) is 10.8 Å². The maximum absolute atomic E-state index is 10.2. The first-order chi connectivity index (χ1) is 12.8. The van der Waals surface area contributed by atoms with Crippen molar-refractivity contribution in [2.45, 2.75) is 6.42 Å². The van der Waals surface area contributed by atoms with E-state index in [0.29, 0.717) is 79.3 Å². The highest BCUT2D eigenvalue weighted by Gasteiger charge is 1.96. The van der Waals surface area contributed by atoms with Crippen molar-refractivity contribution in [1.29, 1.82) is 0 Å². The quantitative estimate of drug-likeness (QED) is 0.221. The maximum atomic E-state index is 10.2. The van der Waals surface area contributed by atoms with E-state index in [0.717, 1.165) is 0 Å². The van der Waals surface area contributed by atoms with Gasteiger partial charge < -0.3 is 38.3 Å². The van der Waals surface area contributed by atoms with Gasteiger partial charge in [0.25, 0.3) is 0 Å². The van der Waals surface area contributed by atoms with Crippen LogP contribution in [0, 0.1) is 12.5 Å². The molecular formula is C17H30O9. The van der Waals surface area contributed by atoms with Crippen LogP contribution in [-0.4, -0.2) is 97.0 Å². The van der Waals surface area contributed by atoms with Gasteiger partial charge in [-0.25, -0.2) is 0 Å². The molecule has 0 aromatic rings. The minimum Gasteiger partial charge on any atom is -0.481 e. The van der Waals surface area contributed by atoms with Crippen LogP contribution in [-0.2, 0) is 38.0 Å². The summed E-state index contributed by atoms with van der Waals surface area (Å²) in [6.07, 6.45) is 6.98. The van der Waals surface area contributed by atoms with Gasteiger partial charge in [0.15, 0.2) is 0 Å². The van der Waals surface area contributed by atoms with E-state index in [1.165, 1.54) is 0 Å². The molecule has 0 atom stereocenters. The third-order valence-electron chi connectivity index (χ3n) is 2.73. The van der Waals surface area contributed by atoms with E-state index in [1.807, 2.05) is 0 Å². The molecule has 0 aromatic heterocycles. The second-order valence-corrected chi connectivity index (χ2v) is 4.78. The van der Waals surface area contributed by atoms with Crippen LogP contribution in [0.15, 0.2) is 0 Å². The van der Waals surface area contributed by atoms with Crippen molar-refractivity contribution in [3.05, 3.63) is 0 Å². The van der Waals surface area contributed by atoms with Crippen molar-refractivity contribution in [3.63, 3.8) is 0 Å². The fourth-order valence-corrected chi connectivity index (χ4v) is 1.52. The molecule has 0 bridgehead atoms. The van der Waals surface area contributed by atoms with Crippen molar-refractivity contribution < 1.29 is 43.1 Å². The number of carboxylic acids is 1. The molecule has 0 unspecified atom stereocenters. The molecule has 0 aliphatic carbocycles. The Kier molecular flexibility index (Phi) is 20.5. The van der Waals surface area contributed by atoms with Gasteiger partial charge in [-0.15, -0.1) is 0 Å². The van der Waals surface area contributed by atoms with Gasteiger partial charge in [-0.1, -0.05) is 6.42 Å². The van der Waals surface area contributed by atoms with E-state index < -0.39 is 5.97 Å². The fourth-order valence-electron chi connectivity index (χ4n) is 1.52. The van der Waals surface area contributed by atoms with Gasteiger partial charge in [0.05, 0.1) is 85.7 Å². The van der Waals surface area contributed by atoms with Crippen LogP contribution in [0.3, 0.4) is 0 Å². The molecule has 0 radical (unpaired) electrons. The first kappa shape index (κ1) is 24.6. The summed E-state index contributed by atoms with van der Waals surface area (Å²) in [4.78, 5) is 10.2. The van der Waals surface area contributed by atoms with E-state index in [1.54, 1.807) is 0 Å². The predicted octanol–water partition coefficient (Wildman–Crippen LogP) is 0.168. The van der Waals surface area contributed by atoms with Crippen LogP contribution in [0.4, 0.5) is 0 Å². The molecule has 0 aliphatic rings. The SMILES string of the molecule is C#COCCOCCOCCOCCOCCOCCOCCC(=O)O. The Bertz CT molecular complexity index is 344. The number of aliphatic carboxylic acids is 1. The zero-order valence-corrected chi connectivity index (χ0v) is 15.2. The molecule has 1 N–H and O–H groups in total. The van der Waals surface area contributed by atoms with Gasteiger partial charge in [0.1, 0.15) is 12.7 Å². The van der Waals surface area contributed by atoms with Gasteiger partial charge in [-0.05, 0) is 0 Å². The van der Waals surface area contributed by atoms with Crippen LogP contribution in [0.1, 0.15) is 6.42 Å². The Morgan fingerprint density at radius 2 is 0.923 bits per heavy atom. The van der Waals surface area contributed by atoms with E-state index >= 15 is 0 Å². The van der Waals surface area contributed by atoms with Crippen LogP contribution in [0.5, 0.6) is 0 Å². The molecule has 0 amide bonds. The zero-order valence-electron chi connectivity index (χ0n) is 15.2. The Labute approximate surface area is 154 Å². The van der Waals surface area contributed by atoms with Gasteiger partial charge in [0.2, 0.25) is 0 Å². The number of terminal acetylenes is 1. The molecule has 0 spiro atoms. The first-order valence-corrected chi connectivity index (χ1v) is 8.53. The highest BCUT2D eigenvalue weighted by atomic mass is 16.6. The lowest BCUT2D eigenvalue weighted by molar-refractivity contribution is -0.138. The minimum atomic E-state index is -0.871. The van der Waals surface area contributed by atoms with Crippen molar-refractivity contribution in [1.82, 2.24) is 0 Å². The molecule has 0 aliphatic heterocycles. The lowest BCUT2D eigenvalue weighted by Gasteiger charge is -2.08. The molecule has 0 saturated heterocycles. The Balaban J connectivity index is 2.99. The maximum Gasteiger partial charge on any atom is 0.305 e. The van der Waals surface area contributed by atoms with E-state index in [4.69, 9.17) is 40.0 Å². The summed E-state index contributed by atoms with van der Waals surface area (Å²) in [5, 5.41) is 8.41. The lowest BCUT2D eigenvalue weighted by atomic mass is 10.5. The number of carboxylic acid groups (broad SMARTS) is 1. The standard InChI is InChI=1S/C17H30O9/c1-2-20-5-6-22-9-10-24-13-14-26-16-15-25-12-11-23-8-7-21-4-3-17(18)19/h1H,3-16H2,(H,18,19). The topological polar surface area (TPSA) is 102 Å². The van der Waals surface area contributed by atoms with Gasteiger partial charge >= 0.3 is 5.97 Å². The summed E-state index contributed by atoms with van der Waals surface area (Å²) in [6, 6.07) is 0. The summed E-state index contributed by atoms with van der Waals surface area (Å²) in [6.45, 7) is 5.68. The number of hydrogen-bond donors (Lipinski definition) is 1. The second kappa shape index (κ2) is 21.6. The largest absolute Gasteiger partial charge is 0.481 e. The van der Waals surface area contributed by atoms with E-state index in [9.17, 15) is 4.79 Å². The third-order valence-corrected chi connectivity index (χ3v) is 2.73. The molecule has 9 heteroatoms. The second-order valence-electron chi connectivity index (χ2n) is 4.78. The average Bonchev–Trinajstić information content (AvgIpc) is 2.62. The summed E-state index contributed by atoms with van der Waals surface area (Å²) >= 11 is 0. The summed E-state index contributed by atoms with van der Waals surface area (Å²) < 4.78 is 36.2. The lowest BCUT2D eigenvalue weighted by Crippen LogP contribution is -2.14. The Morgan fingerprint density at radius 1 is 0.615 bits per heavy atom. The molecule has 152 valence electrons. The molecule has 0 saturated carbocycles. The zero-order chi connectivity index (χ0) is 19.1. The van der Waals surface area contributed by atoms with E-state index in [-0.39, 0.29) is 13.0 Å². The third kappa shape index (κ3) is 22.6. The molecule has 0 fully saturated rings. The van der Waals surface area contributed by atoms with Gasteiger partial charge in [0, 0.05) is 0 Å². The van der Waals surface area contributed by atoms with Crippen molar-refractivity contribution in [3.8, 4) is 12.5 Å². The van der Waals surface area contributed by atoms with Crippen LogP contribution in [0.25, 0.3) is 0 Å². The van der Waals surface area contributed by atoms with Crippen molar-refractivity contribution >= 4 is 5.97 Å². The van der Waals surface area contributed by atoms with Crippen LogP contribution >= 0.6 is 0 Å². The van der Waals surface area contributed by atoms with Crippen molar-refractivity contribution in [2.24, 2.45) is 0 Å². The first-order valence-electron chi connectivity index (χ1n) is 8.53. The molecule has 0 rings (SSSR count). The van der Waals surface area contributed by atoms with Crippen LogP contribution < -0.4 is 0 Å². The average molecular weight is 378 g/mol. The fraction of sp³-hybridized carbons (Fsp3) is 0.824. The summed E-state index contributed by atoms with van der Waals surface area (Å²) in [5.41, 5.74) is 0. The number of hydrogen-bond acceptors (Lipinski definition) is 8. The minimum absolute atomic E-state index is 0.00448. The monoisotopic (exact) mass is 378 g/mol. The van der Waals surface area contributed by atoms with Gasteiger partial charge in [-0.2, -0.15) is 0 Å². The predicted molar refractivity (Wildman–Crippen MR) is 92.0 cm³/mol. The van der Waals surface area contributed by atoms with Crippen molar-refractivity contribution in [2.75, 3.05) is 85.9 Å².